The van der Waals surface area contributed by atoms with E-state index in [-0.39, 0.29) is 29.6 Å². The van der Waals surface area contributed by atoms with Crippen LogP contribution in [0, 0.1) is 6.92 Å². The summed E-state index contributed by atoms with van der Waals surface area (Å²) in [5, 5.41) is 9.12. The first-order valence-electron chi connectivity index (χ1n) is 11.8. The Morgan fingerprint density at radius 2 is 1.65 bits per heavy atom. The number of likely N-dealkylation sites (tertiary alicyclic amines) is 1. The summed E-state index contributed by atoms with van der Waals surface area (Å²) in [6.45, 7) is 3.17. The van der Waals surface area contributed by atoms with E-state index in [9.17, 15) is 13.2 Å². The number of carbonyl (C=O) groups is 1. The fourth-order valence-corrected chi connectivity index (χ4v) is 5.63. The molecule has 1 N–H and O–H groups in total. The van der Waals surface area contributed by atoms with Crippen LogP contribution in [0.5, 0.6) is 11.5 Å². The van der Waals surface area contributed by atoms with Gasteiger partial charge in [-0.1, -0.05) is 48.0 Å². The molecule has 0 amide bonds. The molecular weight excluding hydrogens is 514 g/mol. The van der Waals surface area contributed by atoms with Crippen molar-refractivity contribution in [3.8, 4) is 11.5 Å². The second-order valence-electron chi connectivity index (χ2n) is 9.27. The summed E-state index contributed by atoms with van der Waals surface area (Å²) in [6, 6.07) is 21.4. The summed E-state index contributed by atoms with van der Waals surface area (Å²) >= 11 is 0. The number of hydrogen-bond donors (Lipinski definition) is 1. The summed E-state index contributed by atoms with van der Waals surface area (Å²) in [5.74, 6) is 0.185. The third-order valence-corrected chi connectivity index (χ3v) is 7.90. The molecule has 5 rings (SSSR count). The number of aryl methyl sites for hydroxylation is 1. The second kappa shape index (κ2) is 10.6. The molecule has 194 valence electrons. The van der Waals surface area contributed by atoms with Crippen LogP contribution in [-0.4, -0.2) is 49.6 Å². The number of rotatable bonds is 6. The van der Waals surface area contributed by atoms with E-state index in [0.29, 0.717) is 25.9 Å². The highest BCUT2D eigenvalue weighted by molar-refractivity contribution is 7.87. The predicted molar refractivity (Wildman–Crippen MR) is 143 cm³/mol. The van der Waals surface area contributed by atoms with Gasteiger partial charge >= 0.3 is 16.1 Å². The van der Waals surface area contributed by atoms with Gasteiger partial charge in [-0.25, -0.2) is 0 Å². The molecule has 0 saturated carbocycles. The normalized spacial score (nSPS) is 16.6. The number of para-hydroxylation sites is 1. The molecule has 0 unspecified atom stereocenters. The largest absolute Gasteiger partial charge is 0.482 e. The van der Waals surface area contributed by atoms with E-state index in [2.05, 4.69) is 6.08 Å². The Kier molecular flexibility index (Phi) is 7.64. The van der Waals surface area contributed by atoms with Gasteiger partial charge in [-0.05, 0) is 54.5 Å². The first-order chi connectivity index (χ1) is 17.2. The van der Waals surface area contributed by atoms with E-state index in [1.165, 1.54) is 12.1 Å². The smallest absolute Gasteiger partial charge is 0.339 e. The van der Waals surface area contributed by atoms with Crippen molar-refractivity contribution < 1.29 is 27.2 Å². The monoisotopic (exact) mass is 541 g/mol. The van der Waals surface area contributed by atoms with Crippen molar-refractivity contribution >= 4 is 34.1 Å². The lowest BCUT2D eigenvalue weighted by atomic mass is 9.83. The van der Waals surface area contributed by atoms with Crippen LogP contribution in [0.4, 0.5) is 0 Å². The molecule has 0 aliphatic carbocycles. The number of fused-ring (bicyclic) bond motifs is 1. The minimum atomic E-state index is -3.93. The lowest BCUT2D eigenvalue weighted by molar-refractivity contribution is -0.139. The Labute approximate surface area is 222 Å². The highest BCUT2D eigenvalue weighted by Crippen LogP contribution is 2.43. The Bertz CT molecular complexity index is 1410. The number of nitrogens with zero attached hydrogens (tertiary/aromatic N) is 1. The quantitative estimate of drug-likeness (QED) is 0.442. The molecule has 1 saturated heterocycles. The molecule has 1 fully saturated rings. The third-order valence-electron chi connectivity index (χ3n) is 6.64. The predicted octanol–water partition coefficient (Wildman–Crippen LogP) is 4.93. The number of benzene rings is 3. The van der Waals surface area contributed by atoms with Gasteiger partial charge in [-0.2, -0.15) is 8.42 Å². The van der Waals surface area contributed by atoms with Crippen LogP contribution in [0.2, 0.25) is 0 Å². The van der Waals surface area contributed by atoms with Crippen molar-refractivity contribution in [2.45, 2.75) is 30.3 Å². The molecule has 3 aromatic carbocycles. The first kappa shape index (κ1) is 26.7. The lowest BCUT2D eigenvalue weighted by Gasteiger charge is -2.42. The lowest BCUT2D eigenvalue weighted by Crippen LogP contribution is -2.49. The van der Waals surface area contributed by atoms with Gasteiger partial charge in [-0.3, -0.25) is 9.69 Å². The molecule has 0 atom stereocenters. The average Bonchev–Trinajstić information content (AvgIpc) is 2.85. The van der Waals surface area contributed by atoms with Crippen molar-refractivity contribution in [1.82, 2.24) is 4.90 Å². The SMILES string of the molecule is Cc1ccc(S(=O)(=O)Oc2ccc(C3=CC4(CCN(CC(=O)O)CC4)Oc4ccccc43)cc2)cc1.Cl. The Morgan fingerprint density at radius 3 is 2.30 bits per heavy atom. The van der Waals surface area contributed by atoms with Gasteiger partial charge in [0.05, 0.1) is 6.54 Å². The van der Waals surface area contributed by atoms with Crippen LogP contribution >= 0.6 is 12.4 Å². The highest BCUT2D eigenvalue weighted by Gasteiger charge is 2.39. The minimum absolute atomic E-state index is 0. The van der Waals surface area contributed by atoms with E-state index < -0.39 is 21.7 Å². The molecule has 9 heteroatoms. The number of aliphatic carboxylic acids is 1. The molecule has 2 aliphatic heterocycles. The molecule has 1 spiro atoms. The maximum atomic E-state index is 12.7. The standard InChI is InChI=1S/C28H27NO6S.ClH/c1-20-6-12-23(13-7-20)36(32,33)35-22-10-8-21(9-11-22)25-18-28(34-26-5-3-2-4-24(25)26)14-16-29(17-15-28)19-27(30)31;/h2-13,18H,14-17,19H2,1H3,(H,30,31);1H. The topological polar surface area (TPSA) is 93.1 Å². The van der Waals surface area contributed by atoms with Crippen LogP contribution in [0.3, 0.4) is 0 Å². The van der Waals surface area contributed by atoms with Crippen molar-refractivity contribution in [3.05, 3.63) is 95.6 Å². The minimum Gasteiger partial charge on any atom is -0.482 e. The molecule has 2 heterocycles. The second-order valence-corrected chi connectivity index (χ2v) is 10.8. The number of ether oxygens (including phenoxy) is 1. The highest BCUT2D eigenvalue weighted by atomic mass is 35.5. The zero-order chi connectivity index (χ0) is 25.3. The van der Waals surface area contributed by atoms with Gasteiger partial charge in [0.1, 0.15) is 22.0 Å². The Balaban J connectivity index is 0.00000320. The van der Waals surface area contributed by atoms with E-state index in [1.807, 2.05) is 48.2 Å². The summed E-state index contributed by atoms with van der Waals surface area (Å²) in [7, 11) is -3.93. The summed E-state index contributed by atoms with van der Waals surface area (Å²) in [4.78, 5) is 13.1. The fraction of sp³-hybridized carbons (Fsp3) is 0.250. The number of piperidine rings is 1. The van der Waals surface area contributed by atoms with Crippen molar-refractivity contribution in [1.29, 1.82) is 0 Å². The zero-order valence-electron chi connectivity index (χ0n) is 20.3. The van der Waals surface area contributed by atoms with Crippen LogP contribution in [0.15, 0.2) is 83.8 Å². The van der Waals surface area contributed by atoms with Crippen molar-refractivity contribution in [2.24, 2.45) is 0 Å². The van der Waals surface area contributed by atoms with Gasteiger partial charge in [-0.15, -0.1) is 12.4 Å². The molecular formula is C28H28ClNO6S. The fourth-order valence-electron chi connectivity index (χ4n) is 4.70. The summed E-state index contributed by atoms with van der Waals surface area (Å²) in [5.41, 5.74) is 3.31. The molecule has 37 heavy (non-hydrogen) atoms. The maximum absolute atomic E-state index is 12.7. The summed E-state index contributed by atoms with van der Waals surface area (Å²) in [6.07, 6.45) is 3.48. The van der Waals surface area contributed by atoms with Gasteiger partial charge in [0.2, 0.25) is 0 Å². The Morgan fingerprint density at radius 1 is 1.00 bits per heavy atom. The molecule has 7 nitrogen and oxygen atoms in total. The zero-order valence-corrected chi connectivity index (χ0v) is 21.9. The summed E-state index contributed by atoms with van der Waals surface area (Å²) < 4.78 is 37.2. The molecule has 3 aromatic rings. The Hall–Kier alpha value is -3.33. The number of halogens is 1. The maximum Gasteiger partial charge on any atom is 0.339 e. The van der Waals surface area contributed by atoms with Gasteiger partial charge in [0, 0.05) is 31.5 Å². The van der Waals surface area contributed by atoms with E-state index >= 15 is 0 Å². The van der Waals surface area contributed by atoms with E-state index in [1.54, 1.807) is 24.3 Å². The van der Waals surface area contributed by atoms with Crippen molar-refractivity contribution in [2.75, 3.05) is 19.6 Å². The van der Waals surface area contributed by atoms with Crippen LogP contribution < -0.4 is 8.92 Å². The third kappa shape index (κ3) is 5.82. The van der Waals surface area contributed by atoms with Gasteiger partial charge < -0.3 is 14.0 Å². The molecule has 0 radical (unpaired) electrons. The van der Waals surface area contributed by atoms with Gasteiger partial charge in [0.25, 0.3) is 0 Å². The van der Waals surface area contributed by atoms with Gasteiger partial charge in [0.15, 0.2) is 0 Å². The average molecular weight is 542 g/mol. The molecule has 2 aliphatic rings. The van der Waals surface area contributed by atoms with E-state index in [0.717, 1.165) is 28.0 Å². The first-order valence-corrected chi connectivity index (χ1v) is 13.2. The number of carboxylic acids is 1. The van der Waals surface area contributed by atoms with Crippen LogP contribution in [0.25, 0.3) is 5.57 Å². The molecule has 0 bridgehead atoms. The number of carboxylic acid groups (broad SMARTS) is 1. The van der Waals surface area contributed by atoms with Crippen LogP contribution in [0.1, 0.15) is 29.5 Å². The number of hydrogen-bond acceptors (Lipinski definition) is 6. The van der Waals surface area contributed by atoms with Crippen LogP contribution in [-0.2, 0) is 14.9 Å². The molecule has 0 aromatic heterocycles. The van der Waals surface area contributed by atoms with E-state index in [4.69, 9.17) is 14.0 Å². The van der Waals surface area contributed by atoms with Crippen molar-refractivity contribution in [3.63, 3.8) is 0 Å².